The van der Waals surface area contributed by atoms with Gasteiger partial charge < -0.3 is 20.3 Å². The van der Waals surface area contributed by atoms with E-state index < -0.39 is 8.38 Å². The normalized spacial score (nSPS) is 10.9. The Bertz CT molecular complexity index is 367. The molecule has 0 saturated carbocycles. The van der Waals surface area contributed by atoms with Gasteiger partial charge in [-0.05, 0) is 0 Å². The predicted octanol–water partition coefficient (Wildman–Crippen LogP) is -0.904. The maximum absolute atomic E-state index is 11.3. The van der Waals surface area contributed by atoms with Crippen molar-refractivity contribution < 1.29 is 14.5 Å². The van der Waals surface area contributed by atoms with Gasteiger partial charge in [-0.2, -0.15) is 0 Å². The molecule has 0 unspecified atom stereocenters. The first kappa shape index (κ1) is 12.1. The number of anilines is 1. The van der Waals surface area contributed by atoms with E-state index in [-0.39, 0.29) is 24.3 Å². The molecule has 84 valence electrons. The minimum absolute atomic E-state index is 0.119. The molecule has 0 atom stereocenters. The number of aromatic nitrogens is 2. The zero-order chi connectivity index (χ0) is 11.3. The summed E-state index contributed by atoms with van der Waals surface area (Å²) in [4.78, 5) is 32.1. The average Bonchev–Trinajstić information content (AvgIpc) is 2.14. The van der Waals surface area contributed by atoms with Crippen LogP contribution in [0.15, 0.2) is 17.2 Å². The zero-order valence-corrected chi connectivity index (χ0v) is 8.80. The third kappa shape index (κ3) is 4.35. The van der Waals surface area contributed by atoms with Crippen LogP contribution in [-0.4, -0.2) is 32.3 Å². The lowest BCUT2D eigenvalue weighted by atomic mass is 10.5. The van der Waals surface area contributed by atoms with Gasteiger partial charge >= 0.3 is 0 Å². The van der Waals surface area contributed by atoms with E-state index in [4.69, 9.17) is 20.3 Å². The van der Waals surface area contributed by atoms with Crippen LogP contribution in [0.1, 0.15) is 0 Å². The second-order valence-corrected chi connectivity index (χ2v) is 3.76. The number of nitrogens with zero attached hydrogens (tertiary/aromatic N) is 2. The van der Waals surface area contributed by atoms with Gasteiger partial charge in [0.15, 0.2) is 8.38 Å². The molecule has 1 aromatic rings. The summed E-state index contributed by atoms with van der Waals surface area (Å²) < 4.78 is 6.22. The maximum Gasteiger partial charge on any atom is 0.255 e. The van der Waals surface area contributed by atoms with Crippen molar-refractivity contribution in [1.29, 1.82) is 0 Å². The van der Waals surface area contributed by atoms with Crippen molar-refractivity contribution in [3.63, 3.8) is 0 Å². The molecule has 4 N–H and O–H groups in total. The van der Waals surface area contributed by atoms with E-state index in [0.717, 1.165) is 0 Å². The Hall–Kier alpha value is -1.01. The molecule has 0 aromatic carbocycles. The Morgan fingerprint density at radius 3 is 2.93 bits per heavy atom. The Morgan fingerprint density at radius 1 is 1.60 bits per heavy atom. The second-order valence-electron chi connectivity index (χ2n) is 2.76. The fourth-order valence-electron chi connectivity index (χ4n) is 0.917. The molecule has 7 nitrogen and oxygen atoms in total. The van der Waals surface area contributed by atoms with E-state index in [2.05, 4.69) is 4.98 Å². The Morgan fingerprint density at radius 2 is 2.33 bits per heavy atom. The summed E-state index contributed by atoms with van der Waals surface area (Å²) >= 11 is 0. The molecular weight excluding hydrogens is 221 g/mol. The first-order valence-corrected chi connectivity index (χ1v) is 5.58. The summed E-state index contributed by atoms with van der Waals surface area (Å²) in [6, 6.07) is 1.21. The lowest BCUT2D eigenvalue weighted by Crippen LogP contribution is -2.22. The minimum Gasteiger partial charge on any atom is -0.383 e. The smallest absolute Gasteiger partial charge is 0.255 e. The Balaban J connectivity index is 2.41. The zero-order valence-electron chi connectivity index (χ0n) is 7.91. The maximum atomic E-state index is 11.3. The Kier molecular flexibility index (Phi) is 4.64. The van der Waals surface area contributed by atoms with Gasteiger partial charge in [-0.3, -0.25) is 9.36 Å². The van der Waals surface area contributed by atoms with Crippen molar-refractivity contribution in [2.45, 2.75) is 6.54 Å². The molecule has 0 aliphatic carbocycles. The highest BCUT2D eigenvalue weighted by Crippen LogP contribution is 2.21. The van der Waals surface area contributed by atoms with Gasteiger partial charge in [-0.15, -0.1) is 0 Å². The van der Waals surface area contributed by atoms with E-state index in [1.807, 2.05) is 0 Å². The largest absolute Gasteiger partial charge is 0.383 e. The third-order valence-corrected chi connectivity index (χ3v) is 2.00. The van der Waals surface area contributed by atoms with Crippen LogP contribution in [-0.2, 0) is 11.3 Å². The van der Waals surface area contributed by atoms with E-state index in [0.29, 0.717) is 6.54 Å². The number of ether oxygens (including phenoxy) is 1. The number of nitrogens with two attached hydrogens (primary N) is 1. The van der Waals surface area contributed by atoms with Gasteiger partial charge in [0.2, 0.25) is 0 Å². The van der Waals surface area contributed by atoms with Gasteiger partial charge in [0.05, 0.1) is 19.5 Å². The third-order valence-electron chi connectivity index (χ3n) is 1.58. The summed E-state index contributed by atoms with van der Waals surface area (Å²) in [6.07, 6.45) is 1.20. The Labute approximate surface area is 87.1 Å². The van der Waals surface area contributed by atoms with Gasteiger partial charge in [0.1, 0.15) is 12.2 Å². The first-order chi connectivity index (χ1) is 7.09. The van der Waals surface area contributed by atoms with Crippen LogP contribution in [0.4, 0.5) is 5.82 Å². The van der Waals surface area contributed by atoms with Gasteiger partial charge in [0.25, 0.3) is 5.56 Å². The van der Waals surface area contributed by atoms with E-state index in [1.165, 1.54) is 17.0 Å². The molecule has 0 bridgehead atoms. The van der Waals surface area contributed by atoms with E-state index in [1.54, 1.807) is 0 Å². The SMILES string of the molecule is Nc1cc(=O)n(CCOCP(O)O)cn1. The average molecular weight is 233 g/mol. The molecule has 0 aliphatic rings. The molecule has 0 amide bonds. The molecule has 0 fully saturated rings. The van der Waals surface area contributed by atoms with Gasteiger partial charge in [-0.25, -0.2) is 4.98 Å². The van der Waals surface area contributed by atoms with Crippen LogP contribution in [0.5, 0.6) is 0 Å². The highest BCUT2D eigenvalue weighted by atomic mass is 31.2. The van der Waals surface area contributed by atoms with Crippen molar-refractivity contribution in [2.24, 2.45) is 0 Å². The number of nitrogen functional groups attached to an aromatic ring is 1. The highest BCUT2D eigenvalue weighted by molar-refractivity contribution is 7.44. The lowest BCUT2D eigenvalue weighted by molar-refractivity contribution is 0.157. The molecule has 1 heterocycles. The monoisotopic (exact) mass is 233 g/mol. The summed E-state index contributed by atoms with van der Waals surface area (Å²) in [7, 11) is -2.04. The van der Waals surface area contributed by atoms with Crippen LogP contribution < -0.4 is 11.3 Å². The summed E-state index contributed by atoms with van der Waals surface area (Å²) in [5.41, 5.74) is 5.04. The molecule has 0 spiro atoms. The van der Waals surface area contributed by atoms with Crippen LogP contribution in [0.3, 0.4) is 0 Å². The van der Waals surface area contributed by atoms with Gasteiger partial charge in [0, 0.05) is 6.07 Å². The topological polar surface area (TPSA) is 111 Å². The molecule has 1 rings (SSSR count). The van der Waals surface area contributed by atoms with Gasteiger partial charge in [-0.1, -0.05) is 0 Å². The molecule has 1 aromatic heterocycles. The van der Waals surface area contributed by atoms with E-state index >= 15 is 0 Å². The molecule has 15 heavy (non-hydrogen) atoms. The van der Waals surface area contributed by atoms with Crippen LogP contribution >= 0.6 is 8.38 Å². The highest BCUT2D eigenvalue weighted by Gasteiger charge is 2.00. The van der Waals surface area contributed by atoms with Crippen molar-refractivity contribution >= 4 is 14.2 Å². The van der Waals surface area contributed by atoms with E-state index in [9.17, 15) is 4.79 Å². The van der Waals surface area contributed by atoms with Crippen LogP contribution in [0, 0.1) is 0 Å². The lowest BCUT2D eigenvalue weighted by Gasteiger charge is -2.06. The van der Waals surface area contributed by atoms with Crippen molar-refractivity contribution in [2.75, 3.05) is 18.7 Å². The molecule has 0 radical (unpaired) electrons. The van der Waals surface area contributed by atoms with Crippen molar-refractivity contribution in [3.8, 4) is 0 Å². The number of hydrogen-bond donors (Lipinski definition) is 3. The fraction of sp³-hybridized carbons (Fsp3) is 0.429. The molecule has 0 saturated heterocycles. The van der Waals surface area contributed by atoms with Crippen LogP contribution in [0.25, 0.3) is 0 Å². The second kappa shape index (κ2) is 5.77. The standard InChI is InChI=1S/C7H12N3O4P/c8-6-3-7(11)10(4-9-6)1-2-14-5-15(12)13/h3-4,12-13H,1-2,5,8H2. The summed E-state index contributed by atoms with van der Waals surface area (Å²) in [5, 5.41) is 0. The molecule has 8 heteroatoms. The molecular formula is C7H12N3O4P. The first-order valence-electron chi connectivity index (χ1n) is 4.14. The minimum atomic E-state index is -2.04. The van der Waals surface area contributed by atoms with Crippen molar-refractivity contribution in [1.82, 2.24) is 9.55 Å². The van der Waals surface area contributed by atoms with Crippen LogP contribution in [0.2, 0.25) is 0 Å². The number of rotatable bonds is 5. The van der Waals surface area contributed by atoms with Crippen molar-refractivity contribution in [3.05, 3.63) is 22.7 Å². The quantitative estimate of drug-likeness (QED) is 0.449. The predicted molar refractivity (Wildman–Crippen MR) is 55.1 cm³/mol. The fourth-order valence-corrected chi connectivity index (χ4v) is 1.21. The number of hydrogen-bond acceptors (Lipinski definition) is 6. The molecule has 0 aliphatic heterocycles. The summed E-state index contributed by atoms with van der Waals surface area (Å²) in [5.74, 6) is 0.173. The summed E-state index contributed by atoms with van der Waals surface area (Å²) in [6.45, 7) is 0.515.